The van der Waals surface area contributed by atoms with Crippen molar-refractivity contribution in [2.24, 2.45) is 0 Å². The molecular weight excluding hydrogens is 821 g/mol. The highest BCUT2D eigenvalue weighted by Crippen LogP contribution is 2.44. The van der Waals surface area contributed by atoms with Gasteiger partial charge >= 0.3 is 0 Å². The van der Waals surface area contributed by atoms with Crippen LogP contribution in [0.4, 0.5) is 34.1 Å². The molecule has 0 aromatic heterocycles. The Morgan fingerprint density at radius 3 is 0.676 bits per heavy atom. The summed E-state index contributed by atoms with van der Waals surface area (Å²) in [5.41, 5.74) is 15.9. The SMILES string of the molecule is c1ccc(-c2cc(-c3ccccc3)cc(N(c3ccc4ccccc4c3)c3ccc4cc(N(c5cc(-c6ccccc6)cc(-c6ccccc6)c5)c5ccc6ccccc6c5)ccc4c3)c2)cc1. The molecule has 0 saturated carbocycles. The van der Waals surface area contributed by atoms with Gasteiger partial charge in [-0.15, -0.1) is 0 Å². The lowest BCUT2D eigenvalue weighted by Crippen LogP contribution is -2.11. The molecule has 0 aliphatic rings. The van der Waals surface area contributed by atoms with Crippen LogP contribution < -0.4 is 9.80 Å². The van der Waals surface area contributed by atoms with Crippen molar-refractivity contribution in [1.29, 1.82) is 0 Å². The fourth-order valence-electron chi connectivity index (χ4n) is 9.69. The molecule has 0 unspecified atom stereocenters. The fourth-order valence-corrected chi connectivity index (χ4v) is 9.69. The summed E-state index contributed by atoms with van der Waals surface area (Å²) >= 11 is 0. The average Bonchev–Trinajstić information content (AvgIpc) is 3.42. The Balaban J connectivity index is 1.03. The summed E-state index contributed by atoms with van der Waals surface area (Å²) in [6.07, 6.45) is 0. The van der Waals surface area contributed by atoms with Gasteiger partial charge in [0.1, 0.15) is 0 Å². The number of fused-ring (bicyclic) bond motifs is 3. The number of hydrogen-bond donors (Lipinski definition) is 0. The van der Waals surface area contributed by atoms with Crippen LogP contribution in [-0.2, 0) is 0 Å². The van der Waals surface area contributed by atoms with Crippen molar-refractivity contribution in [2.75, 3.05) is 9.80 Å². The van der Waals surface area contributed by atoms with Gasteiger partial charge in [0.15, 0.2) is 0 Å². The first-order valence-electron chi connectivity index (χ1n) is 23.3. The first-order valence-corrected chi connectivity index (χ1v) is 23.3. The third-order valence-electron chi connectivity index (χ3n) is 13.1. The Morgan fingerprint density at radius 2 is 0.382 bits per heavy atom. The second kappa shape index (κ2) is 17.8. The Kier molecular flexibility index (Phi) is 10.6. The first-order chi connectivity index (χ1) is 33.7. The molecule has 0 aliphatic heterocycles. The van der Waals surface area contributed by atoms with E-state index in [1.165, 1.54) is 66.1 Å². The maximum Gasteiger partial charge on any atom is 0.0473 e. The molecule has 320 valence electrons. The molecule has 0 radical (unpaired) electrons. The molecule has 12 aromatic carbocycles. The summed E-state index contributed by atoms with van der Waals surface area (Å²) in [6, 6.07) is 101. The number of benzene rings is 12. The lowest BCUT2D eigenvalue weighted by molar-refractivity contribution is 1.29. The van der Waals surface area contributed by atoms with Crippen LogP contribution in [0.15, 0.2) is 279 Å². The summed E-state index contributed by atoms with van der Waals surface area (Å²) in [4.78, 5) is 4.83. The van der Waals surface area contributed by atoms with E-state index in [4.69, 9.17) is 0 Å². The molecule has 0 N–H and O–H groups in total. The lowest BCUT2D eigenvalue weighted by Gasteiger charge is -2.29. The van der Waals surface area contributed by atoms with Crippen molar-refractivity contribution in [1.82, 2.24) is 0 Å². The van der Waals surface area contributed by atoms with Crippen LogP contribution in [0.1, 0.15) is 0 Å². The normalized spacial score (nSPS) is 11.2. The van der Waals surface area contributed by atoms with Crippen molar-refractivity contribution in [3.05, 3.63) is 279 Å². The second-order valence-corrected chi connectivity index (χ2v) is 17.5. The van der Waals surface area contributed by atoms with Gasteiger partial charge in [-0.2, -0.15) is 0 Å². The minimum atomic E-state index is 1.08. The van der Waals surface area contributed by atoms with Crippen molar-refractivity contribution in [3.63, 3.8) is 0 Å². The molecule has 0 fully saturated rings. The van der Waals surface area contributed by atoms with E-state index in [-0.39, 0.29) is 0 Å². The van der Waals surface area contributed by atoms with Gasteiger partial charge in [0, 0.05) is 34.1 Å². The van der Waals surface area contributed by atoms with Crippen LogP contribution in [0, 0.1) is 0 Å². The zero-order valence-corrected chi connectivity index (χ0v) is 37.5. The molecule has 2 heteroatoms. The van der Waals surface area contributed by atoms with E-state index in [1.54, 1.807) is 0 Å². The van der Waals surface area contributed by atoms with Gasteiger partial charge in [0.05, 0.1) is 0 Å². The number of nitrogens with zero attached hydrogens (tertiary/aromatic N) is 2. The quantitative estimate of drug-likeness (QED) is 0.135. The number of anilines is 6. The molecule has 0 atom stereocenters. The van der Waals surface area contributed by atoms with E-state index >= 15 is 0 Å². The molecule has 68 heavy (non-hydrogen) atoms. The molecule has 0 spiro atoms. The largest absolute Gasteiger partial charge is 0.310 e. The highest BCUT2D eigenvalue weighted by atomic mass is 15.1. The Hall–Kier alpha value is -8.98. The van der Waals surface area contributed by atoms with Gasteiger partial charge in [-0.3, -0.25) is 0 Å². The molecule has 0 aliphatic carbocycles. The van der Waals surface area contributed by atoms with E-state index < -0.39 is 0 Å². The summed E-state index contributed by atoms with van der Waals surface area (Å²) < 4.78 is 0. The maximum absolute atomic E-state index is 2.42. The van der Waals surface area contributed by atoms with E-state index in [0.717, 1.165) is 44.9 Å². The number of hydrogen-bond acceptors (Lipinski definition) is 2. The first kappa shape index (κ1) is 40.5. The van der Waals surface area contributed by atoms with E-state index in [0.29, 0.717) is 0 Å². The Bertz CT molecular complexity index is 3370. The molecule has 12 rings (SSSR count). The fraction of sp³-hybridized carbons (Fsp3) is 0. The smallest absolute Gasteiger partial charge is 0.0473 e. The third kappa shape index (κ3) is 8.06. The standard InChI is InChI=1S/C66H46N2/c1-5-17-47(18-6-1)57-37-58(48-19-7-2-8-20-48)44-65(43-57)67(61-33-29-51-25-13-15-27-53(51)39-61)63-35-31-56-42-64(36-32-55(56)41-63)68(62-34-30-52-26-14-16-28-54(52)40-62)66-45-59(49-21-9-3-10-22-49)38-60(46-66)50-23-11-4-12-24-50/h1-46H. The highest BCUT2D eigenvalue weighted by molar-refractivity contribution is 5.97. The van der Waals surface area contributed by atoms with Gasteiger partial charge in [-0.05, 0) is 162 Å². The van der Waals surface area contributed by atoms with E-state index in [9.17, 15) is 0 Å². The molecule has 0 heterocycles. The molecule has 0 bridgehead atoms. The molecular formula is C66H46N2. The van der Waals surface area contributed by atoms with Crippen LogP contribution in [-0.4, -0.2) is 0 Å². The predicted octanol–water partition coefficient (Wildman–Crippen LogP) is 18.8. The van der Waals surface area contributed by atoms with Gasteiger partial charge in [0.2, 0.25) is 0 Å². The zero-order valence-electron chi connectivity index (χ0n) is 37.5. The van der Waals surface area contributed by atoms with Gasteiger partial charge in [-0.25, -0.2) is 0 Å². The Morgan fingerprint density at radius 1 is 0.147 bits per heavy atom. The minimum Gasteiger partial charge on any atom is -0.310 e. The van der Waals surface area contributed by atoms with Crippen LogP contribution in [0.2, 0.25) is 0 Å². The lowest BCUT2D eigenvalue weighted by atomic mass is 9.96. The van der Waals surface area contributed by atoms with Crippen molar-refractivity contribution in [3.8, 4) is 44.5 Å². The van der Waals surface area contributed by atoms with Gasteiger partial charge in [-0.1, -0.05) is 194 Å². The summed E-state index contributed by atoms with van der Waals surface area (Å²) in [6.45, 7) is 0. The average molecular weight is 867 g/mol. The molecule has 0 saturated heterocycles. The number of rotatable bonds is 10. The molecule has 0 amide bonds. The molecule has 12 aromatic rings. The van der Waals surface area contributed by atoms with Crippen LogP contribution in [0.25, 0.3) is 76.8 Å². The minimum absolute atomic E-state index is 1.08. The zero-order chi connectivity index (χ0) is 45.2. The summed E-state index contributed by atoms with van der Waals surface area (Å²) in [5.74, 6) is 0. The summed E-state index contributed by atoms with van der Waals surface area (Å²) in [5, 5.41) is 7.13. The van der Waals surface area contributed by atoms with Gasteiger partial charge in [0.25, 0.3) is 0 Å². The van der Waals surface area contributed by atoms with Gasteiger partial charge < -0.3 is 9.80 Å². The van der Waals surface area contributed by atoms with Crippen molar-refractivity contribution < 1.29 is 0 Å². The van der Waals surface area contributed by atoms with Crippen LogP contribution in [0.5, 0.6) is 0 Å². The third-order valence-corrected chi connectivity index (χ3v) is 13.1. The summed E-state index contributed by atoms with van der Waals surface area (Å²) in [7, 11) is 0. The topological polar surface area (TPSA) is 6.48 Å². The Labute approximate surface area is 397 Å². The predicted molar refractivity (Wildman–Crippen MR) is 290 cm³/mol. The second-order valence-electron chi connectivity index (χ2n) is 17.5. The van der Waals surface area contributed by atoms with E-state index in [1.807, 2.05) is 0 Å². The van der Waals surface area contributed by atoms with Crippen LogP contribution >= 0.6 is 0 Å². The van der Waals surface area contributed by atoms with E-state index in [2.05, 4.69) is 289 Å². The monoisotopic (exact) mass is 866 g/mol. The highest BCUT2D eigenvalue weighted by Gasteiger charge is 2.20. The maximum atomic E-state index is 2.42. The van der Waals surface area contributed by atoms with Crippen LogP contribution in [0.3, 0.4) is 0 Å². The molecule has 2 nitrogen and oxygen atoms in total. The van der Waals surface area contributed by atoms with Crippen molar-refractivity contribution >= 4 is 66.4 Å². The van der Waals surface area contributed by atoms with Crippen molar-refractivity contribution in [2.45, 2.75) is 0 Å².